The van der Waals surface area contributed by atoms with Gasteiger partial charge in [-0.15, -0.1) is 11.3 Å². The molecule has 1 aliphatic carbocycles. The van der Waals surface area contributed by atoms with Crippen LogP contribution in [0.2, 0.25) is 0 Å². The van der Waals surface area contributed by atoms with Gasteiger partial charge in [-0.2, -0.15) is 13.2 Å². The zero-order chi connectivity index (χ0) is 27.3. The highest BCUT2D eigenvalue weighted by atomic mass is 32.1. The van der Waals surface area contributed by atoms with Crippen LogP contribution in [0.5, 0.6) is 5.75 Å². The van der Waals surface area contributed by atoms with E-state index < -0.39 is 17.6 Å². The Hall–Kier alpha value is -3.40. The SMILES string of the molecule is CC(C)c1ccc(OCc2nc(C(=O)NC3CCC(NC(=O)c4ccc(C(F)(F)F)cc4)CC3)cs2)cc1. The first kappa shape index (κ1) is 27.6. The largest absolute Gasteiger partial charge is 0.486 e. The number of carbonyl (C=O) groups excluding carboxylic acids is 2. The Labute approximate surface area is 223 Å². The highest BCUT2D eigenvalue weighted by molar-refractivity contribution is 7.09. The molecule has 0 bridgehead atoms. The van der Waals surface area contributed by atoms with E-state index in [1.165, 1.54) is 29.0 Å². The molecule has 1 aromatic heterocycles. The van der Waals surface area contributed by atoms with Crippen molar-refractivity contribution >= 4 is 23.2 Å². The maximum Gasteiger partial charge on any atom is 0.416 e. The van der Waals surface area contributed by atoms with Crippen molar-refractivity contribution in [3.05, 3.63) is 81.3 Å². The molecular weight excluding hydrogens is 515 g/mol. The van der Waals surface area contributed by atoms with E-state index in [9.17, 15) is 22.8 Å². The lowest BCUT2D eigenvalue weighted by Crippen LogP contribution is -2.43. The van der Waals surface area contributed by atoms with E-state index in [2.05, 4.69) is 29.5 Å². The summed E-state index contributed by atoms with van der Waals surface area (Å²) in [4.78, 5) is 29.5. The quantitative estimate of drug-likeness (QED) is 0.346. The fraction of sp³-hybridized carbons (Fsp3) is 0.393. The van der Waals surface area contributed by atoms with Crippen molar-refractivity contribution in [2.45, 2.75) is 70.3 Å². The summed E-state index contributed by atoms with van der Waals surface area (Å²) >= 11 is 1.37. The average molecular weight is 546 g/mol. The number of ether oxygens (including phenoxy) is 1. The number of nitrogens with zero attached hydrogens (tertiary/aromatic N) is 1. The summed E-state index contributed by atoms with van der Waals surface area (Å²) in [7, 11) is 0. The number of aromatic nitrogens is 1. The molecule has 2 amide bonds. The van der Waals surface area contributed by atoms with Gasteiger partial charge >= 0.3 is 6.18 Å². The number of benzene rings is 2. The smallest absolute Gasteiger partial charge is 0.416 e. The standard InChI is InChI=1S/C28H30F3N3O3S/c1-17(2)18-5-13-23(14-6-18)37-15-25-34-24(16-38-25)27(36)33-22-11-9-21(10-12-22)32-26(35)19-3-7-20(8-4-19)28(29,30)31/h3-8,13-14,16-17,21-22H,9-12,15H2,1-2H3,(H,32,35)(H,33,36). The molecule has 2 N–H and O–H groups in total. The minimum Gasteiger partial charge on any atom is -0.486 e. The van der Waals surface area contributed by atoms with Crippen molar-refractivity contribution in [1.82, 2.24) is 15.6 Å². The van der Waals surface area contributed by atoms with Gasteiger partial charge < -0.3 is 15.4 Å². The van der Waals surface area contributed by atoms with Crippen LogP contribution in [0.3, 0.4) is 0 Å². The first-order valence-electron chi connectivity index (χ1n) is 12.5. The molecule has 1 heterocycles. The topological polar surface area (TPSA) is 80.3 Å². The van der Waals surface area contributed by atoms with Gasteiger partial charge in [-0.25, -0.2) is 4.98 Å². The molecule has 1 saturated carbocycles. The number of hydrogen-bond donors (Lipinski definition) is 2. The molecule has 0 spiro atoms. The fourth-order valence-electron chi connectivity index (χ4n) is 4.30. The maximum atomic E-state index is 12.7. The molecule has 2 aromatic carbocycles. The van der Waals surface area contributed by atoms with E-state index in [1.807, 2.05) is 24.3 Å². The Bertz CT molecular complexity index is 1230. The summed E-state index contributed by atoms with van der Waals surface area (Å²) in [6.45, 7) is 4.55. The van der Waals surface area contributed by atoms with Gasteiger partial charge in [-0.05, 0) is 73.6 Å². The molecular formula is C28H30F3N3O3S. The number of amides is 2. The molecule has 202 valence electrons. The average Bonchev–Trinajstić information content (AvgIpc) is 3.38. The van der Waals surface area contributed by atoms with Crippen molar-refractivity contribution in [2.75, 3.05) is 0 Å². The van der Waals surface area contributed by atoms with Crippen LogP contribution in [0.25, 0.3) is 0 Å². The highest BCUT2D eigenvalue weighted by Crippen LogP contribution is 2.29. The summed E-state index contributed by atoms with van der Waals surface area (Å²) in [5, 5.41) is 8.31. The molecule has 0 atom stereocenters. The number of rotatable bonds is 8. The molecule has 0 saturated heterocycles. The second-order valence-corrected chi connectivity index (χ2v) is 10.7. The third-order valence-electron chi connectivity index (χ3n) is 6.57. The minimum absolute atomic E-state index is 0.0393. The summed E-state index contributed by atoms with van der Waals surface area (Å²) in [6.07, 6.45) is -1.77. The molecule has 38 heavy (non-hydrogen) atoms. The van der Waals surface area contributed by atoms with Crippen molar-refractivity contribution < 1.29 is 27.5 Å². The lowest BCUT2D eigenvalue weighted by Gasteiger charge is -2.29. The zero-order valence-electron chi connectivity index (χ0n) is 21.2. The van der Waals surface area contributed by atoms with Gasteiger partial charge in [0.05, 0.1) is 5.56 Å². The summed E-state index contributed by atoms with van der Waals surface area (Å²) in [5.41, 5.74) is 0.980. The molecule has 0 unspecified atom stereocenters. The first-order valence-corrected chi connectivity index (χ1v) is 13.4. The number of alkyl halides is 3. The third kappa shape index (κ3) is 7.34. The van der Waals surface area contributed by atoms with Crippen LogP contribution in [-0.4, -0.2) is 28.9 Å². The van der Waals surface area contributed by atoms with E-state index in [-0.39, 0.29) is 30.2 Å². The summed E-state index contributed by atoms with van der Waals surface area (Å²) in [5.74, 6) is 0.550. The Balaban J connectivity index is 1.20. The summed E-state index contributed by atoms with van der Waals surface area (Å²) in [6, 6.07) is 12.0. The zero-order valence-corrected chi connectivity index (χ0v) is 22.0. The molecule has 3 aromatic rings. The second kappa shape index (κ2) is 12.0. The maximum absolute atomic E-state index is 12.7. The van der Waals surface area contributed by atoms with Crippen LogP contribution in [-0.2, 0) is 12.8 Å². The van der Waals surface area contributed by atoms with Crippen LogP contribution < -0.4 is 15.4 Å². The Morgan fingerprint density at radius 2 is 1.53 bits per heavy atom. The van der Waals surface area contributed by atoms with Crippen LogP contribution in [0, 0.1) is 0 Å². The first-order chi connectivity index (χ1) is 18.1. The van der Waals surface area contributed by atoms with Crippen LogP contribution in [0.1, 0.15) is 82.4 Å². The number of halogens is 3. The van der Waals surface area contributed by atoms with E-state index in [0.29, 0.717) is 42.3 Å². The van der Waals surface area contributed by atoms with Gasteiger partial charge in [0.2, 0.25) is 0 Å². The molecule has 1 fully saturated rings. The summed E-state index contributed by atoms with van der Waals surface area (Å²) < 4.78 is 44.0. The van der Waals surface area contributed by atoms with Crippen molar-refractivity contribution in [3.63, 3.8) is 0 Å². The van der Waals surface area contributed by atoms with Crippen molar-refractivity contribution in [1.29, 1.82) is 0 Å². The van der Waals surface area contributed by atoms with Gasteiger partial charge in [0.15, 0.2) is 0 Å². The fourth-order valence-corrected chi connectivity index (χ4v) is 4.98. The molecule has 0 aliphatic heterocycles. The van der Waals surface area contributed by atoms with E-state index in [4.69, 9.17) is 4.74 Å². The highest BCUT2D eigenvalue weighted by Gasteiger charge is 2.30. The third-order valence-corrected chi connectivity index (χ3v) is 7.39. The lowest BCUT2D eigenvalue weighted by atomic mass is 9.91. The molecule has 6 nitrogen and oxygen atoms in total. The van der Waals surface area contributed by atoms with Gasteiger partial charge in [0, 0.05) is 23.0 Å². The van der Waals surface area contributed by atoms with E-state index in [0.717, 1.165) is 17.9 Å². The van der Waals surface area contributed by atoms with Crippen LogP contribution in [0.4, 0.5) is 13.2 Å². The van der Waals surface area contributed by atoms with Crippen LogP contribution >= 0.6 is 11.3 Å². The predicted molar refractivity (Wildman–Crippen MR) is 139 cm³/mol. The van der Waals surface area contributed by atoms with Crippen molar-refractivity contribution in [3.8, 4) is 5.75 Å². The number of nitrogens with one attached hydrogen (secondary N) is 2. The number of hydrogen-bond acceptors (Lipinski definition) is 5. The van der Waals surface area contributed by atoms with E-state index >= 15 is 0 Å². The number of thiazole rings is 1. The monoisotopic (exact) mass is 545 g/mol. The van der Waals surface area contributed by atoms with Gasteiger partial charge in [-0.3, -0.25) is 9.59 Å². The minimum atomic E-state index is -4.44. The molecule has 1 aliphatic rings. The normalized spacial score (nSPS) is 17.7. The second-order valence-electron chi connectivity index (χ2n) is 9.71. The number of carbonyl (C=O) groups is 2. The predicted octanol–water partition coefficient (Wildman–Crippen LogP) is 6.34. The Morgan fingerprint density at radius 1 is 0.947 bits per heavy atom. The Kier molecular flexibility index (Phi) is 8.71. The van der Waals surface area contributed by atoms with Crippen LogP contribution in [0.15, 0.2) is 53.9 Å². The van der Waals surface area contributed by atoms with Gasteiger partial charge in [0.25, 0.3) is 11.8 Å². The lowest BCUT2D eigenvalue weighted by molar-refractivity contribution is -0.137. The van der Waals surface area contributed by atoms with E-state index in [1.54, 1.807) is 5.38 Å². The van der Waals surface area contributed by atoms with Gasteiger partial charge in [-0.1, -0.05) is 26.0 Å². The molecule has 10 heteroatoms. The van der Waals surface area contributed by atoms with Gasteiger partial charge in [0.1, 0.15) is 23.1 Å². The molecule has 4 rings (SSSR count). The molecule has 0 radical (unpaired) electrons. The van der Waals surface area contributed by atoms with Crippen molar-refractivity contribution in [2.24, 2.45) is 0 Å². The Morgan fingerprint density at radius 3 is 2.08 bits per heavy atom.